The number of amides is 3. The van der Waals surface area contributed by atoms with Crippen molar-refractivity contribution in [1.29, 1.82) is 0 Å². The average molecular weight is 1990 g/mol. The predicted octanol–water partition coefficient (Wildman–Crippen LogP) is -4.77. The number of rotatable bonds is 52. The molecule has 0 aliphatic carbocycles. The van der Waals surface area contributed by atoms with E-state index in [9.17, 15) is 148 Å². The van der Waals surface area contributed by atoms with Crippen LogP contribution in [0.3, 0.4) is 0 Å². The fourth-order valence-electron chi connectivity index (χ4n) is 13.1. The normalized spacial score (nSPS) is 26.5. The standard InChI is InChI=1S/C35H50N5O19PS2.C21H33N4O16P.C18H22N2O6S2/c36-25-6-10-40(34(52)39-25)32-30(49)29(48)24(57-32)18-56-60(53,54)59-35(33(50)51)15-22(44)21(31(58-35)28(47)23(45)17-41)14-20(43)16-38-26(46)7-12-55-11-3-4-19(42)8-13-61-62-27-5-1-2-9-37-27;22-5-8(27)3-9-10(28)4-21(19(33)34,40-17(9)14(30)11(29)6-26)41-42(36,37)38-7-12-15(31)16(32)18(39-12)25-2-1-13(23)24-20(25)35;21-14(9-13-27-28-15-5-1-2-10-19-15)4-3-11-25-12-8-18(24)26-20-16(22)6-7-17(20)23/h1-2,5-6,9-10,21-24,28-32,41,44-45,47-49H,3-4,7-8,11-18H2,(H,38,46)(H,50,51)(H,53,54)(H2,36,39,52);1-2,9-12,14-18,26,28-32H,3-7,22H2,(H,33,34)(H,36,37)(H2,23,24,35);1-2,5,10H,3-4,6-9,11-13H2/t21?,22?,23-,24-,28?,29+,30?,31?,32-,35?;9?,10?,11-,12-,14?,15+,16?,17?,18-,21?;/m11./s1. The van der Waals surface area contributed by atoms with Gasteiger partial charge in [0, 0.05) is 132 Å². The van der Waals surface area contributed by atoms with E-state index in [0.717, 1.165) is 37.3 Å². The summed E-state index contributed by atoms with van der Waals surface area (Å²) in [6, 6.07) is 13.7. The molecule has 0 radical (unpaired) electrons. The van der Waals surface area contributed by atoms with Crippen LogP contribution in [-0.2, 0) is 108 Å². The van der Waals surface area contributed by atoms with Gasteiger partial charge in [-0.05, 0) is 70.8 Å². The second-order valence-corrected chi connectivity index (χ2v) is 37.3. The number of aliphatic hydroxyl groups is 12. The highest BCUT2D eigenvalue weighted by Gasteiger charge is 2.61. The van der Waals surface area contributed by atoms with Gasteiger partial charge >= 0.3 is 44.9 Å². The molecule has 9 heterocycles. The summed E-state index contributed by atoms with van der Waals surface area (Å²) in [5.74, 6) is -16.1. The lowest BCUT2D eigenvalue weighted by Gasteiger charge is -2.46. The van der Waals surface area contributed by atoms with Crippen molar-refractivity contribution in [3.05, 3.63) is 94.3 Å². The number of hydrogen-bond acceptors (Lipinski definition) is 48. The summed E-state index contributed by atoms with van der Waals surface area (Å²) >= 11 is 0. The van der Waals surface area contributed by atoms with Gasteiger partial charge in [0.05, 0.1) is 83.6 Å². The second kappa shape index (κ2) is 53.7. The highest BCUT2D eigenvalue weighted by molar-refractivity contribution is 8.77. The number of pyridine rings is 2. The maximum atomic E-state index is 13.1. The zero-order valence-corrected chi connectivity index (χ0v) is 75.0. The van der Waals surface area contributed by atoms with Crippen molar-refractivity contribution in [2.45, 2.75) is 209 Å². The number of phosphoric ester groups is 2. The summed E-state index contributed by atoms with van der Waals surface area (Å²) in [6.45, 7) is -4.68. The first-order valence-electron chi connectivity index (χ1n) is 40.4. The Hall–Kier alpha value is -7.78. The summed E-state index contributed by atoms with van der Waals surface area (Å²) < 4.78 is 79.1. The quantitative estimate of drug-likeness (QED) is 0.00854. The maximum Gasteiger partial charge on any atom is 0.475 e. The van der Waals surface area contributed by atoms with Crippen LogP contribution in [0.15, 0.2) is 93.0 Å². The lowest BCUT2D eigenvalue weighted by atomic mass is 9.80. The summed E-state index contributed by atoms with van der Waals surface area (Å²) in [4.78, 5) is 186. The number of ether oxygens (including phenoxy) is 6. The predicted molar refractivity (Wildman–Crippen MR) is 450 cm³/mol. The van der Waals surface area contributed by atoms with Crippen LogP contribution in [-0.4, -0.2) is 349 Å². The number of carboxylic acid groups (broad SMARTS) is 2. The number of nitrogens with two attached hydrogens (primary N) is 3. The van der Waals surface area contributed by atoms with Crippen LogP contribution in [0.4, 0.5) is 11.6 Å². The Labute approximate surface area is 764 Å². The average Bonchev–Trinajstić information content (AvgIpc) is 1.23. The van der Waals surface area contributed by atoms with Crippen LogP contribution < -0.4 is 33.9 Å². The molecular weight excluding hydrogens is 1890 g/mol. The van der Waals surface area contributed by atoms with Gasteiger partial charge in [-0.1, -0.05) is 33.7 Å². The number of nitrogen functional groups attached to an aromatic ring is 2. The Kier molecular flexibility index (Phi) is 45.2. The molecule has 52 nitrogen and oxygen atoms in total. The van der Waals surface area contributed by atoms with Crippen molar-refractivity contribution in [2.24, 2.45) is 17.6 Å². The molecule has 132 heavy (non-hydrogen) atoms. The second-order valence-electron chi connectivity index (χ2n) is 29.7. The largest absolute Gasteiger partial charge is 0.477 e. The van der Waals surface area contributed by atoms with Crippen LogP contribution in [0.5, 0.6) is 0 Å². The van der Waals surface area contributed by atoms with Crippen LogP contribution in [0.25, 0.3) is 0 Å². The van der Waals surface area contributed by atoms with E-state index in [1.807, 2.05) is 36.4 Å². The Bertz CT molecular complexity index is 4690. The summed E-state index contributed by atoms with van der Waals surface area (Å²) in [6.07, 6.45) is -25.0. The molecule has 4 aromatic rings. The number of phosphoric acid groups is 2. The van der Waals surface area contributed by atoms with Crippen molar-refractivity contribution in [1.82, 2.24) is 39.5 Å². The third-order valence-corrected chi connectivity index (χ3v) is 26.5. The minimum absolute atomic E-state index is 0.0254. The number of Topliss-reactive ketones (excluding diaryl/α,β-unsaturated/α-hetero) is 4. The molecule has 22 atom stereocenters. The number of hydrogen-bond donors (Lipinski definition) is 20. The monoisotopic (exact) mass is 1990 g/mol. The minimum Gasteiger partial charge on any atom is -0.477 e. The molecule has 0 bridgehead atoms. The topological polar surface area (TPSA) is 819 Å². The zero-order valence-electron chi connectivity index (χ0n) is 70.0. The number of hydroxylamine groups is 2. The maximum absolute atomic E-state index is 13.1. The van der Waals surface area contributed by atoms with Crippen LogP contribution >= 0.6 is 58.8 Å². The third kappa shape index (κ3) is 33.9. The molecule has 9 rings (SSSR count). The highest BCUT2D eigenvalue weighted by atomic mass is 33.1. The van der Waals surface area contributed by atoms with E-state index in [1.165, 1.54) is 33.7 Å². The van der Waals surface area contributed by atoms with Crippen LogP contribution in [0.2, 0.25) is 0 Å². The van der Waals surface area contributed by atoms with Crippen molar-refractivity contribution in [3.63, 3.8) is 0 Å². The van der Waals surface area contributed by atoms with E-state index < -0.39 is 261 Å². The molecule has 58 heteroatoms. The molecule has 736 valence electrons. The lowest BCUT2D eigenvalue weighted by molar-refractivity contribution is -0.298. The number of nitrogens with zero attached hydrogens (tertiary/aromatic N) is 7. The first kappa shape index (κ1) is 111. The first-order chi connectivity index (χ1) is 62.5. The molecule has 23 N–H and O–H groups in total. The number of aromatic nitrogens is 6. The number of carbonyl (C=O) groups is 10. The van der Waals surface area contributed by atoms with Crippen molar-refractivity contribution >= 4 is 129 Å². The number of aliphatic hydroxyl groups excluding tert-OH is 12. The molecular formula is C74H105N11O41P2S4. The van der Waals surface area contributed by atoms with E-state index in [2.05, 4.69) is 25.3 Å². The molecule has 5 saturated heterocycles. The Morgan fingerprint density at radius 2 is 0.977 bits per heavy atom. The van der Waals surface area contributed by atoms with Gasteiger partial charge in [-0.3, -0.25) is 51.7 Å². The molecule has 3 amide bonds. The zero-order chi connectivity index (χ0) is 97.4. The van der Waals surface area contributed by atoms with E-state index in [0.29, 0.717) is 55.9 Å². The lowest BCUT2D eigenvalue weighted by Crippen LogP contribution is -2.62. The number of nitrogens with one attached hydrogen (secondary N) is 1. The Balaban J connectivity index is 0.000000293. The smallest absolute Gasteiger partial charge is 0.475 e. The fraction of sp³-hybridized carbons (Fsp3) is 0.622. The highest BCUT2D eigenvalue weighted by Crippen LogP contribution is 2.54. The Morgan fingerprint density at radius 3 is 1.36 bits per heavy atom. The van der Waals surface area contributed by atoms with E-state index >= 15 is 0 Å². The first-order valence-corrected chi connectivity index (χ1v) is 48.0. The minimum atomic E-state index is -5.63. The van der Waals surface area contributed by atoms with Gasteiger partial charge in [0.1, 0.15) is 100 Å². The Morgan fingerprint density at radius 1 is 0.561 bits per heavy atom. The number of anilines is 2. The number of ketones is 4. The van der Waals surface area contributed by atoms with E-state index in [-0.39, 0.29) is 68.7 Å². The third-order valence-electron chi connectivity index (χ3n) is 19.9. The molecule has 5 aliphatic rings. The molecule has 5 aliphatic heterocycles. The van der Waals surface area contributed by atoms with Crippen molar-refractivity contribution in [3.8, 4) is 0 Å². The molecule has 0 saturated carbocycles. The summed E-state index contributed by atoms with van der Waals surface area (Å²) in [5, 5.41) is 148. The summed E-state index contributed by atoms with van der Waals surface area (Å²) in [5.41, 5.74) is 14.2. The summed E-state index contributed by atoms with van der Waals surface area (Å²) in [7, 11) is -5.00. The number of imide groups is 1. The van der Waals surface area contributed by atoms with Gasteiger partial charge in [0.2, 0.25) is 5.91 Å². The van der Waals surface area contributed by atoms with Gasteiger partial charge in [-0.15, -0.1) is 5.06 Å². The molecule has 0 aromatic carbocycles. The molecule has 4 aromatic heterocycles. The van der Waals surface area contributed by atoms with Gasteiger partial charge < -0.3 is 137 Å². The number of carboxylic acids is 2. The molecule has 0 spiro atoms. The van der Waals surface area contributed by atoms with Gasteiger partial charge in [-0.25, -0.2) is 52.1 Å². The van der Waals surface area contributed by atoms with Crippen LogP contribution in [0, 0.1) is 11.8 Å². The van der Waals surface area contributed by atoms with Gasteiger partial charge in [-0.2, -0.15) is 9.97 Å². The van der Waals surface area contributed by atoms with Crippen LogP contribution in [0.1, 0.15) is 102 Å². The van der Waals surface area contributed by atoms with Gasteiger partial charge in [0.25, 0.3) is 23.4 Å². The molecule has 14 unspecified atom stereocenters. The number of carbonyl (C=O) groups excluding carboxylic acids is 8. The van der Waals surface area contributed by atoms with Gasteiger partial charge in [0.15, 0.2) is 18.2 Å². The van der Waals surface area contributed by atoms with E-state index in [4.69, 9.17) is 68.6 Å². The fourth-order valence-corrected chi connectivity index (χ4v) is 18.8. The van der Waals surface area contributed by atoms with Crippen molar-refractivity contribution < 1.29 is 190 Å². The van der Waals surface area contributed by atoms with E-state index in [1.54, 1.807) is 34.0 Å². The van der Waals surface area contributed by atoms with Crippen molar-refractivity contribution in [2.75, 3.05) is 88.9 Å². The number of aliphatic carboxylic acids is 2. The molecule has 5 fully saturated rings. The SMILES string of the molecule is NCC(=O)CC1C(O)CC(OP(=O)(O)OC[C@H]2O[C@@H](n3ccc(N)nc3=O)C(O)[C@H]2O)(C(=O)O)OC1C(O)[C@H](O)CO.Nc1ccn([C@@H]2O[C@H](COP(=O)(O)OC3(C(=O)O)CC(O)C(CC(=O)CNC(=O)CCOCCCC(=O)CCSSc4ccccn4)C(C(O)[C@H](O)CO)O3)[C@H](O)C2O)c(=O)n1.O=C(CCCOCCC(=O)ON1C(=O)CCC1=O)CCSSc1ccccn1.